The molecule has 244 valence electrons. The van der Waals surface area contributed by atoms with E-state index in [1.807, 2.05) is 78.2 Å². The maximum absolute atomic E-state index is 14.2. The maximum Gasteiger partial charge on any atom is 0.408 e. The number of likely N-dealkylation sites (tertiary alicyclic amines) is 1. The standard InChI is InChI=1S/C35H35N3O7S2/c1-35(2,3)45-34(42)36-27-31(40)38-28(33(41)44-29(22-11-6-4-7-12-22)23-13-8-5-9-14-23)25(21-47(43)32(27)38)19-24-16-17-37(30(24)39)20-26-15-10-18-46-26/h4-15,18-19,27,29,32H,16-17,20-21H2,1-3H3,(H,36,42)/b24-19+/t27-,32-,47?/m1/s1. The Kier molecular flexibility index (Phi) is 9.16. The smallest absolute Gasteiger partial charge is 0.408 e. The lowest BCUT2D eigenvalue weighted by Crippen LogP contribution is -2.73. The summed E-state index contributed by atoms with van der Waals surface area (Å²) in [6.45, 7) is 6.04. The highest BCUT2D eigenvalue weighted by molar-refractivity contribution is 7.86. The number of carbonyl (C=O) groups is 4. The minimum absolute atomic E-state index is 0.0873. The summed E-state index contributed by atoms with van der Waals surface area (Å²) >= 11 is 1.56. The number of benzene rings is 2. The van der Waals surface area contributed by atoms with Crippen molar-refractivity contribution in [3.05, 3.63) is 117 Å². The van der Waals surface area contributed by atoms with E-state index in [0.29, 0.717) is 25.1 Å². The van der Waals surface area contributed by atoms with Crippen molar-refractivity contribution in [3.8, 4) is 0 Å². The lowest BCUT2D eigenvalue weighted by atomic mass is 10.00. The molecule has 0 spiro atoms. The van der Waals surface area contributed by atoms with Crippen LogP contribution in [0.2, 0.25) is 0 Å². The Hall–Kier alpha value is -4.55. The Morgan fingerprint density at radius 1 is 1.02 bits per heavy atom. The first-order valence-corrected chi connectivity index (χ1v) is 17.5. The molecule has 0 aliphatic carbocycles. The van der Waals surface area contributed by atoms with Crippen LogP contribution in [-0.4, -0.2) is 67.2 Å². The lowest BCUT2D eigenvalue weighted by molar-refractivity contribution is -0.153. The zero-order valence-corrected chi connectivity index (χ0v) is 27.8. The fraction of sp³-hybridized carbons (Fsp3) is 0.314. The maximum atomic E-state index is 14.2. The molecule has 4 heterocycles. The van der Waals surface area contributed by atoms with Crippen LogP contribution < -0.4 is 5.32 Å². The highest BCUT2D eigenvalue weighted by Gasteiger charge is 2.58. The van der Waals surface area contributed by atoms with Gasteiger partial charge in [0.05, 0.1) is 23.1 Å². The van der Waals surface area contributed by atoms with Gasteiger partial charge in [-0.1, -0.05) is 66.7 Å². The van der Waals surface area contributed by atoms with Gasteiger partial charge < -0.3 is 19.7 Å². The van der Waals surface area contributed by atoms with Crippen LogP contribution in [0.3, 0.4) is 0 Å². The molecule has 6 rings (SSSR count). The molecule has 0 radical (unpaired) electrons. The molecule has 0 saturated carbocycles. The summed E-state index contributed by atoms with van der Waals surface area (Å²) in [6, 6.07) is 21.2. The molecule has 10 nitrogen and oxygen atoms in total. The highest BCUT2D eigenvalue weighted by atomic mass is 32.2. The highest BCUT2D eigenvalue weighted by Crippen LogP contribution is 2.38. The normalized spacial score (nSPS) is 22.0. The number of β-lactam (4-membered cyclic amide) rings is 1. The molecule has 1 aromatic heterocycles. The molecule has 1 unspecified atom stereocenters. The van der Waals surface area contributed by atoms with E-state index in [1.54, 1.807) is 43.1 Å². The van der Waals surface area contributed by atoms with Crippen LogP contribution >= 0.6 is 11.3 Å². The fourth-order valence-corrected chi connectivity index (χ4v) is 8.19. The summed E-state index contributed by atoms with van der Waals surface area (Å²) in [4.78, 5) is 57.8. The second-order valence-corrected chi connectivity index (χ2v) is 15.0. The third kappa shape index (κ3) is 6.93. The van der Waals surface area contributed by atoms with Crippen molar-refractivity contribution < 1.29 is 32.9 Å². The van der Waals surface area contributed by atoms with Crippen LogP contribution in [0.25, 0.3) is 0 Å². The van der Waals surface area contributed by atoms with E-state index in [2.05, 4.69) is 5.32 Å². The Labute approximate surface area is 279 Å². The summed E-state index contributed by atoms with van der Waals surface area (Å²) in [5, 5.41) is 3.47. The number of fused-ring (bicyclic) bond motifs is 1. The predicted molar refractivity (Wildman–Crippen MR) is 177 cm³/mol. The minimum Gasteiger partial charge on any atom is -0.448 e. The second-order valence-electron chi connectivity index (χ2n) is 12.5. The van der Waals surface area contributed by atoms with Crippen LogP contribution in [0.1, 0.15) is 49.3 Å². The molecule has 2 fully saturated rings. The van der Waals surface area contributed by atoms with Gasteiger partial charge in [0.2, 0.25) is 5.91 Å². The minimum atomic E-state index is -1.72. The van der Waals surface area contributed by atoms with Crippen molar-refractivity contribution in [2.24, 2.45) is 0 Å². The van der Waals surface area contributed by atoms with Crippen molar-refractivity contribution in [2.45, 2.75) is 56.9 Å². The SMILES string of the molecule is CC(C)(C)OC(=O)N[C@@H]1C(=O)N2C(C(=O)OC(c3ccccc3)c3ccccc3)=C(/C=C3\CCN(Cc4cccs4)C3=O)CS(=O)[C@H]12. The van der Waals surface area contributed by atoms with Crippen LogP contribution in [0, 0.1) is 0 Å². The molecule has 0 bridgehead atoms. The largest absolute Gasteiger partial charge is 0.448 e. The molecule has 2 saturated heterocycles. The zero-order valence-electron chi connectivity index (χ0n) is 26.2. The molecule has 3 amide bonds. The average molecular weight is 674 g/mol. The molecular weight excluding hydrogens is 639 g/mol. The third-order valence-corrected chi connectivity index (χ3v) is 10.4. The van der Waals surface area contributed by atoms with Gasteiger partial charge >= 0.3 is 12.1 Å². The van der Waals surface area contributed by atoms with E-state index in [4.69, 9.17) is 9.47 Å². The van der Waals surface area contributed by atoms with Gasteiger partial charge in [0.25, 0.3) is 5.91 Å². The van der Waals surface area contributed by atoms with Crippen LogP contribution in [0.15, 0.2) is 101 Å². The molecule has 3 aliphatic rings. The average Bonchev–Trinajstić information content (AvgIpc) is 3.68. The summed E-state index contributed by atoms with van der Waals surface area (Å²) in [6.07, 6.45) is 0.380. The van der Waals surface area contributed by atoms with Crippen molar-refractivity contribution in [3.63, 3.8) is 0 Å². The Morgan fingerprint density at radius 2 is 1.68 bits per heavy atom. The number of alkyl carbamates (subject to hydrolysis) is 1. The van der Waals surface area contributed by atoms with E-state index in [9.17, 15) is 23.4 Å². The molecular formula is C35H35N3O7S2. The summed E-state index contributed by atoms with van der Waals surface area (Å²) in [5.41, 5.74) is 1.27. The third-order valence-electron chi connectivity index (χ3n) is 7.94. The molecule has 3 aromatic rings. The van der Waals surface area contributed by atoms with Gasteiger partial charge in [0, 0.05) is 17.0 Å². The van der Waals surface area contributed by atoms with E-state index < -0.39 is 51.9 Å². The van der Waals surface area contributed by atoms with Gasteiger partial charge in [-0.25, -0.2) is 9.59 Å². The number of carbonyl (C=O) groups excluding carboxylic acids is 4. The second kappa shape index (κ2) is 13.3. The zero-order chi connectivity index (χ0) is 33.3. The van der Waals surface area contributed by atoms with E-state index >= 15 is 0 Å². The van der Waals surface area contributed by atoms with Gasteiger partial charge in [-0.3, -0.25) is 18.7 Å². The molecule has 3 aliphatic heterocycles. The monoisotopic (exact) mass is 673 g/mol. The molecule has 12 heteroatoms. The topological polar surface area (TPSA) is 122 Å². The lowest BCUT2D eigenvalue weighted by Gasteiger charge is -2.49. The number of amides is 3. The summed E-state index contributed by atoms with van der Waals surface area (Å²) in [7, 11) is -1.72. The number of hydrogen-bond donors (Lipinski definition) is 1. The quantitative estimate of drug-likeness (QED) is 0.207. The summed E-state index contributed by atoms with van der Waals surface area (Å²) < 4.78 is 25.2. The number of esters is 1. The van der Waals surface area contributed by atoms with Crippen molar-refractivity contribution in [2.75, 3.05) is 12.3 Å². The van der Waals surface area contributed by atoms with Gasteiger partial charge in [-0.2, -0.15) is 0 Å². The van der Waals surface area contributed by atoms with Gasteiger partial charge in [-0.15, -0.1) is 11.3 Å². The fourth-order valence-electron chi connectivity index (χ4n) is 5.84. The Morgan fingerprint density at radius 3 is 2.28 bits per heavy atom. The van der Waals surface area contributed by atoms with Crippen LogP contribution in [0.5, 0.6) is 0 Å². The first kappa shape index (κ1) is 32.4. The summed E-state index contributed by atoms with van der Waals surface area (Å²) in [5.74, 6) is -1.72. The van der Waals surface area contributed by atoms with E-state index in [0.717, 1.165) is 20.9 Å². The molecule has 3 atom stereocenters. The Bertz CT molecular complexity index is 1730. The van der Waals surface area contributed by atoms with Gasteiger partial charge in [0.1, 0.15) is 22.7 Å². The number of rotatable bonds is 8. The number of ether oxygens (including phenoxy) is 2. The number of nitrogens with zero attached hydrogens (tertiary/aromatic N) is 2. The number of nitrogens with one attached hydrogen (secondary N) is 1. The number of hydrogen-bond acceptors (Lipinski definition) is 8. The number of thiophene rings is 1. The van der Waals surface area contributed by atoms with Crippen molar-refractivity contribution in [1.82, 2.24) is 15.1 Å². The first-order valence-electron chi connectivity index (χ1n) is 15.3. The van der Waals surface area contributed by atoms with Crippen LogP contribution in [0.4, 0.5) is 4.79 Å². The molecule has 1 N–H and O–H groups in total. The Balaban J connectivity index is 1.35. The van der Waals surface area contributed by atoms with Gasteiger partial charge in [0.15, 0.2) is 6.10 Å². The van der Waals surface area contributed by atoms with Crippen molar-refractivity contribution in [1.29, 1.82) is 0 Å². The first-order chi connectivity index (χ1) is 22.5. The van der Waals surface area contributed by atoms with Gasteiger partial charge in [-0.05, 0) is 61.4 Å². The number of allylic oxidation sites excluding steroid dienone is 1. The van der Waals surface area contributed by atoms with Crippen molar-refractivity contribution >= 4 is 46.0 Å². The molecule has 2 aromatic carbocycles. The predicted octanol–water partition coefficient (Wildman–Crippen LogP) is 4.82. The molecule has 47 heavy (non-hydrogen) atoms. The van der Waals surface area contributed by atoms with E-state index in [1.165, 1.54) is 0 Å². The van der Waals surface area contributed by atoms with E-state index in [-0.39, 0.29) is 22.9 Å². The van der Waals surface area contributed by atoms with Crippen LogP contribution in [-0.2, 0) is 41.2 Å².